The van der Waals surface area contributed by atoms with Gasteiger partial charge in [0.2, 0.25) is 5.82 Å². The van der Waals surface area contributed by atoms with Gasteiger partial charge in [-0.1, -0.05) is 0 Å². The fourth-order valence-electron chi connectivity index (χ4n) is 1.64. The Morgan fingerprint density at radius 3 is 3.00 bits per heavy atom. The van der Waals surface area contributed by atoms with Crippen molar-refractivity contribution in [2.75, 3.05) is 7.11 Å². The van der Waals surface area contributed by atoms with Crippen LogP contribution >= 0.6 is 0 Å². The Balaban J connectivity index is 2.21. The van der Waals surface area contributed by atoms with Gasteiger partial charge in [0.1, 0.15) is 6.07 Å². The van der Waals surface area contributed by atoms with Crippen molar-refractivity contribution in [3.63, 3.8) is 0 Å². The molecule has 2 aromatic rings. The first-order valence-electron chi connectivity index (χ1n) is 5.43. The van der Waals surface area contributed by atoms with Gasteiger partial charge >= 0.3 is 0 Å². The van der Waals surface area contributed by atoms with Gasteiger partial charge in [-0.05, 0) is 18.2 Å². The summed E-state index contributed by atoms with van der Waals surface area (Å²) in [7, 11) is 1.35. The van der Waals surface area contributed by atoms with Crippen molar-refractivity contribution >= 4 is 5.78 Å². The Bertz CT molecular complexity index is 658. The highest BCUT2D eigenvalue weighted by Gasteiger charge is 2.12. The molecule has 0 radical (unpaired) electrons. The molecule has 0 saturated heterocycles. The number of Topliss-reactive ketones (excluding diaryl/α,β-unsaturated/α-hetero) is 1. The lowest BCUT2D eigenvalue weighted by Crippen LogP contribution is -2.11. The maximum atomic E-state index is 13.5. The van der Waals surface area contributed by atoms with E-state index >= 15 is 0 Å². The van der Waals surface area contributed by atoms with Crippen LogP contribution in [0.1, 0.15) is 16.2 Å². The number of ether oxygens (including phenoxy) is 1. The molecule has 1 aromatic carbocycles. The molecule has 0 atom stereocenters. The lowest BCUT2D eigenvalue weighted by atomic mass is 10.1. The number of nitriles is 1. The number of halogens is 1. The zero-order chi connectivity index (χ0) is 13.8. The van der Waals surface area contributed by atoms with E-state index in [-0.39, 0.29) is 29.5 Å². The summed E-state index contributed by atoms with van der Waals surface area (Å²) in [5.41, 5.74) is 0.218. The second-order valence-electron chi connectivity index (χ2n) is 3.76. The van der Waals surface area contributed by atoms with Crippen molar-refractivity contribution in [2.24, 2.45) is 0 Å². The van der Waals surface area contributed by atoms with E-state index in [0.29, 0.717) is 0 Å². The highest BCUT2D eigenvalue weighted by atomic mass is 19.1. The minimum absolute atomic E-state index is 0.0609. The number of nitrogens with zero attached hydrogens (tertiary/aromatic N) is 3. The molecular weight excluding hydrogens is 249 g/mol. The highest BCUT2D eigenvalue weighted by Crippen LogP contribution is 2.18. The van der Waals surface area contributed by atoms with E-state index in [1.807, 2.05) is 6.07 Å². The van der Waals surface area contributed by atoms with Crippen LogP contribution in [0.5, 0.6) is 5.75 Å². The average Bonchev–Trinajstić information content (AvgIpc) is 2.85. The van der Waals surface area contributed by atoms with Crippen LogP contribution in [-0.4, -0.2) is 22.4 Å². The number of ketones is 1. The minimum atomic E-state index is -0.598. The number of hydrogen-bond acceptors (Lipinski definition) is 4. The molecule has 0 spiro atoms. The van der Waals surface area contributed by atoms with E-state index in [2.05, 4.69) is 4.98 Å². The largest absolute Gasteiger partial charge is 0.494 e. The number of carbonyl (C=O) groups is 1. The first kappa shape index (κ1) is 12.8. The van der Waals surface area contributed by atoms with Crippen LogP contribution in [0.25, 0.3) is 0 Å². The summed E-state index contributed by atoms with van der Waals surface area (Å²) in [4.78, 5) is 15.7. The maximum absolute atomic E-state index is 13.5. The van der Waals surface area contributed by atoms with E-state index in [4.69, 9.17) is 10.00 Å². The SMILES string of the molecule is COc1ccc(C(=O)Cn2ccnc2C#N)cc1F. The van der Waals surface area contributed by atoms with Gasteiger partial charge in [0, 0.05) is 18.0 Å². The number of imidazole rings is 1. The van der Waals surface area contributed by atoms with Crippen LogP contribution in [0.3, 0.4) is 0 Å². The quantitative estimate of drug-likeness (QED) is 0.785. The fourth-order valence-corrected chi connectivity index (χ4v) is 1.64. The number of rotatable bonds is 4. The molecule has 0 aliphatic carbocycles. The van der Waals surface area contributed by atoms with Crippen molar-refractivity contribution in [1.82, 2.24) is 9.55 Å². The number of carbonyl (C=O) groups excluding carboxylic acids is 1. The molecule has 6 heteroatoms. The Hall–Kier alpha value is -2.68. The molecule has 0 N–H and O–H groups in total. The molecule has 0 unspecified atom stereocenters. The normalized spacial score (nSPS) is 9.95. The molecule has 2 rings (SSSR count). The zero-order valence-electron chi connectivity index (χ0n) is 10.1. The van der Waals surface area contributed by atoms with E-state index in [1.165, 1.54) is 36.2 Å². The van der Waals surface area contributed by atoms with Gasteiger partial charge in [0.15, 0.2) is 17.3 Å². The average molecular weight is 259 g/mol. The van der Waals surface area contributed by atoms with Gasteiger partial charge in [-0.3, -0.25) is 4.79 Å². The lowest BCUT2D eigenvalue weighted by molar-refractivity contribution is 0.0971. The number of aromatic nitrogens is 2. The summed E-state index contributed by atoms with van der Waals surface area (Å²) in [6.07, 6.45) is 2.96. The van der Waals surface area contributed by atoms with E-state index in [9.17, 15) is 9.18 Å². The number of benzene rings is 1. The molecular formula is C13H10FN3O2. The van der Waals surface area contributed by atoms with Gasteiger partial charge in [-0.2, -0.15) is 5.26 Å². The molecule has 0 saturated carbocycles. The van der Waals surface area contributed by atoms with Gasteiger partial charge in [0.25, 0.3) is 0 Å². The molecule has 96 valence electrons. The van der Waals surface area contributed by atoms with Crippen molar-refractivity contribution in [3.8, 4) is 11.8 Å². The summed E-state index contributed by atoms with van der Waals surface area (Å²) >= 11 is 0. The van der Waals surface area contributed by atoms with Crippen LogP contribution in [0.4, 0.5) is 4.39 Å². The second-order valence-corrected chi connectivity index (χ2v) is 3.76. The second kappa shape index (κ2) is 5.31. The van der Waals surface area contributed by atoms with E-state index in [0.717, 1.165) is 6.07 Å². The summed E-state index contributed by atoms with van der Waals surface area (Å²) in [6.45, 7) is -0.0609. The van der Waals surface area contributed by atoms with E-state index in [1.54, 1.807) is 0 Å². The molecule has 0 aliphatic heterocycles. The molecule has 0 bridgehead atoms. The number of methoxy groups -OCH3 is 1. The van der Waals surface area contributed by atoms with Crippen LogP contribution in [0, 0.1) is 17.1 Å². The topological polar surface area (TPSA) is 67.9 Å². The third-order valence-electron chi connectivity index (χ3n) is 2.60. The molecule has 0 aliphatic rings. The molecule has 19 heavy (non-hydrogen) atoms. The number of hydrogen-bond donors (Lipinski definition) is 0. The monoisotopic (exact) mass is 259 g/mol. The Labute approximate surface area is 108 Å². The smallest absolute Gasteiger partial charge is 0.213 e. The summed E-state index contributed by atoms with van der Waals surface area (Å²) < 4.78 is 19.7. The summed E-state index contributed by atoms with van der Waals surface area (Å²) in [5.74, 6) is -0.685. The maximum Gasteiger partial charge on any atom is 0.213 e. The predicted molar refractivity (Wildman–Crippen MR) is 64.2 cm³/mol. The Morgan fingerprint density at radius 2 is 2.37 bits per heavy atom. The van der Waals surface area contributed by atoms with Gasteiger partial charge in [0.05, 0.1) is 13.7 Å². The molecule has 5 nitrogen and oxygen atoms in total. The lowest BCUT2D eigenvalue weighted by Gasteiger charge is -2.05. The zero-order valence-corrected chi connectivity index (χ0v) is 10.1. The third-order valence-corrected chi connectivity index (χ3v) is 2.60. The van der Waals surface area contributed by atoms with Crippen molar-refractivity contribution in [2.45, 2.75) is 6.54 Å². The van der Waals surface area contributed by atoms with Gasteiger partial charge < -0.3 is 9.30 Å². The van der Waals surface area contributed by atoms with E-state index < -0.39 is 5.82 Å². The van der Waals surface area contributed by atoms with Gasteiger partial charge in [-0.15, -0.1) is 0 Å². The van der Waals surface area contributed by atoms with Crippen LogP contribution in [0.15, 0.2) is 30.6 Å². The van der Waals surface area contributed by atoms with Gasteiger partial charge in [-0.25, -0.2) is 9.37 Å². The van der Waals surface area contributed by atoms with Crippen molar-refractivity contribution in [3.05, 3.63) is 47.8 Å². The third kappa shape index (κ3) is 2.60. The Kier molecular flexibility index (Phi) is 3.57. The molecule has 0 amide bonds. The first-order chi connectivity index (χ1) is 9.15. The predicted octanol–water partition coefficient (Wildman–Crippen LogP) is 1.79. The minimum Gasteiger partial charge on any atom is -0.494 e. The first-order valence-corrected chi connectivity index (χ1v) is 5.43. The summed E-state index contributed by atoms with van der Waals surface area (Å²) in [6, 6.07) is 5.85. The summed E-state index contributed by atoms with van der Waals surface area (Å²) in [5, 5.41) is 8.78. The van der Waals surface area contributed by atoms with Crippen LogP contribution in [0.2, 0.25) is 0 Å². The van der Waals surface area contributed by atoms with Crippen molar-refractivity contribution in [1.29, 1.82) is 5.26 Å². The molecule has 0 fully saturated rings. The van der Waals surface area contributed by atoms with Crippen LogP contribution < -0.4 is 4.74 Å². The Morgan fingerprint density at radius 1 is 1.58 bits per heavy atom. The molecule has 1 aromatic heterocycles. The van der Waals surface area contributed by atoms with Crippen LogP contribution in [-0.2, 0) is 6.54 Å². The highest BCUT2D eigenvalue weighted by molar-refractivity contribution is 5.96. The molecule has 1 heterocycles. The van der Waals surface area contributed by atoms with Crippen molar-refractivity contribution < 1.29 is 13.9 Å². The fraction of sp³-hybridized carbons (Fsp3) is 0.154. The standard InChI is InChI=1S/C13H10FN3O2/c1-19-12-3-2-9(6-10(12)14)11(18)8-17-5-4-16-13(17)7-15/h2-6H,8H2,1H3.